The fourth-order valence-electron chi connectivity index (χ4n) is 2.47. The van der Waals surface area contributed by atoms with Gasteiger partial charge in [-0.1, -0.05) is 0 Å². The highest BCUT2D eigenvalue weighted by Crippen LogP contribution is 2.29. The summed E-state index contributed by atoms with van der Waals surface area (Å²) in [5.74, 6) is 3.02. The SMILES string of the molecule is O=S(=O)(NC[C@H](c1ccco1)N1CCSCC1)C1CC1. The molecule has 1 aliphatic carbocycles. The van der Waals surface area contributed by atoms with E-state index >= 15 is 0 Å². The van der Waals surface area contributed by atoms with Crippen LogP contribution in [0.2, 0.25) is 0 Å². The molecular formula is C13H20N2O3S2. The molecule has 1 aromatic heterocycles. The second-order valence-corrected chi connectivity index (χ2v) is 8.54. The first-order valence-corrected chi connectivity index (χ1v) is 9.70. The van der Waals surface area contributed by atoms with E-state index in [0.717, 1.165) is 43.2 Å². The lowest BCUT2D eigenvalue weighted by Crippen LogP contribution is -2.42. The first-order chi connectivity index (χ1) is 9.67. The number of hydrogen-bond acceptors (Lipinski definition) is 5. The molecule has 3 rings (SSSR count). The average Bonchev–Trinajstić information content (AvgIpc) is 3.19. The highest BCUT2D eigenvalue weighted by Gasteiger charge is 2.36. The standard InChI is InChI=1S/C13H20N2O3S2/c16-20(17,11-3-4-11)14-10-12(13-2-1-7-18-13)15-5-8-19-9-6-15/h1-2,7,11-12,14H,3-6,8-10H2/t12-/m1/s1. The molecule has 2 heterocycles. The minimum Gasteiger partial charge on any atom is -0.468 e. The van der Waals surface area contributed by atoms with Gasteiger partial charge in [-0.25, -0.2) is 13.1 Å². The van der Waals surface area contributed by atoms with Crippen LogP contribution in [-0.4, -0.2) is 49.7 Å². The molecule has 0 unspecified atom stereocenters. The summed E-state index contributed by atoms with van der Waals surface area (Å²) < 4.78 is 32.2. The molecule has 0 spiro atoms. The summed E-state index contributed by atoms with van der Waals surface area (Å²) in [4.78, 5) is 2.31. The van der Waals surface area contributed by atoms with Gasteiger partial charge in [0, 0.05) is 31.1 Å². The second kappa shape index (κ2) is 6.09. The molecule has 0 bridgehead atoms. The third kappa shape index (κ3) is 3.39. The van der Waals surface area contributed by atoms with Crippen molar-refractivity contribution >= 4 is 21.8 Å². The number of hydrogen-bond donors (Lipinski definition) is 1. The van der Waals surface area contributed by atoms with Crippen molar-refractivity contribution in [2.45, 2.75) is 24.1 Å². The minimum atomic E-state index is -3.14. The zero-order chi connectivity index (χ0) is 14.0. The molecule has 20 heavy (non-hydrogen) atoms. The van der Waals surface area contributed by atoms with E-state index in [2.05, 4.69) is 9.62 Å². The van der Waals surface area contributed by atoms with E-state index in [1.54, 1.807) is 6.26 Å². The Morgan fingerprint density at radius 1 is 1.40 bits per heavy atom. The van der Waals surface area contributed by atoms with Crippen LogP contribution in [0, 0.1) is 0 Å². The van der Waals surface area contributed by atoms with Crippen LogP contribution in [0.25, 0.3) is 0 Å². The van der Waals surface area contributed by atoms with E-state index in [1.165, 1.54) is 0 Å². The molecule has 0 aromatic carbocycles. The third-order valence-corrected chi connectivity index (χ3v) is 6.66. The van der Waals surface area contributed by atoms with E-state index in [9.17, 15) is 8.42 Å². The topological polar surface area (TPSA) is 62.6 Å². The lowest BCUT2D eigenvalue weighted by atomic mass is 10.2. The van der Waals surface area contributed by atoms with Gasteiger partial charge >= 0.3 is 0 Å². The van der Waals surface area contributed by atoms with Crippen LogP contribution < -0.4 is 4.72 Å². The van der Waals surface area contributed by atoms with Gasteiger partial charge < -0.3 is 4.42 Å². The first kappa shape index (κ1) is 14.4. The predicted molar refractivity (Wildman–Crippen MR) is 80.3 cm³/mol. The van der Waals surface area contributed by atoms with Gasteiger partial charge in [0.25, 0.3) is 0 Å². The van der Waals surface area contributed by atoms with Gasteiger partial charge in [-0.15, -0.1) is 0 Å². The Hall–Kier alpha value is -0.500. The summed E-state index contributed by atoms with van der Waals surface area (Å²) in [5.41, 5.74) is 0. The lowest BCUT2D eigenvalue weighted by molar-refractivity contribution is 0.193. The largest absolute Gasteiger partial charge is 0.468 e. The van der Waals surface area contributed by atoms with Crippen LogP contribution in [0.4, 0.5) is 0 Å². The van der Waals surface area contributed by atoms with Gasteiger partial charge in [0.2, 0.25) is 10.0 Å². The molecule has 1 aliphatic heterocycles. The normalized spacial score (nSPS) is 22.8. The quantitative estimate of drug-likeness (QED) is 0.861. The van der Waals surface area contributed by atoms with E-state index in [-0.39, 0.29) is 11.3 Å². The van der Waals surface area contributed by atoms with Crippen molar-refractivity contribution in [3.8, 4) is 0 Å². The van der Waals surface area contributed by atoms with Gasteiger partial charge in [-0.05, 0) is 25.0 Å². The Bertz CT molecular complexity index is 520. The fourth-order valence-corrected chi connectivity index (χ4v) is 4.78. The zero-order valence-electron chi connectivity index (χ0n) is 11.3. The molecule has 1 atom stereocenters. The Morgan fingerprint density at radius 2 is 2.15 bits per heavy atom. The maximum Gasteiger partial charge on any atom is 0.214 e. The minimum absolute atomic E-state index is 0.000532. The number of thioether (sulfide) groups is 1. The second-order valence-electron chi connectivity index (χ2n) is 5.27. The van der Waals surface area contributed by atoms with Crippen LogP contribution >= 0.6 is 11.8 Å². The molecule has 1 N–H and O–H groups in total. The number of nitrogens with zero attached hydrogens (tertiary/aromatic N) is 1. The molecule has 5 nitrogen and oxygen atoms in total. The van der Waals surface area contributed by atoms with Crippen LogP contribution in [-0.2, 0) is 10.0 Å². The summed E-state index contributed by atoms with van der Waals surface area (Å²) >= 11 is 1.94. The van der Waals surface area contributed by atoms with Crippen LogP contribution in [0.3, 0.4) is 0 Å². The average molecular weight is 316 g/mol. The molecule has 7 heteroatoms. The van der Waals surface area contributed by atoms with Crippen molar-refractivity contribution in [1.29, 1.82) is 0 Å². The van der Waals surface area contributed by atoms with Crippen molar-refractivity contribution in [3.05, 3.63) is 24.2 Å². The van der Waals surface area contributed by atoms with Crippen molar-refractivity contribution < 1.29 is 12.8 Å². The van der Waals surface area contributed by atoms with E-state index in [4.69, 9.17) is 4.42 Å². The number of nitrogens with one attached hydrogen (secondary N) is 1. The van der Waals surface area contributed by atoms with Gasteiger partial charge in [-0.2, -0.15) is 11.8 Å². The molecule has 0 radical (unpaired) electrons. The summed E-state index contributed by atoms with van der Waals surface area (Å²) in [5, 5.41) is -0.170. The monoisotopic (exact) mass is 316 g/mol. The Morgan fingerprint density at radius 3 is 2.75 bits per heavy atom. The molecule has 1 aromatic rings. The van der Waals surface area contributed by atoms with Gasteiger partial charge in [0.15, 0.2) is 0 Å². The molecule has 2 fully saturated rings. The third-order valence-electron chi connectivity index (χ3n) is 3.80. The lowest BCUT2D eigenvalue weighted by Gasteiger charge is -2.33. The number of furan rings is 1. The van der Waals surface area contributed by atoms with Crippen molar-refractivity contribution in [2.24, 2.45) is 0 Å². The Balaban J connectivity index is 1.68. The number of sulfonamides is 1. The summed E-state index contributed by atoms with van der Waals surface area (Å²) in [6.45, 7) is 2.35. The Kier molecular flexibility index (Phi) is 4.40. The van der Waals surface area contributed by atoms with Crippen LogP contribution in [0.1, 0.15) is 24.6 Å². The van der Waals surface area contributed by atoms with E-state index in [0.29, 0.717) is 6.54 Å². The number of rotatable bonds is 6. The molecule has 2 aliphatic rings. The smallest absolute Gasteiger partial charge is 0.214 e. The molecular weight excluding hydrogens is 296 g/mol. The maximum atomic E-state index is 12.0. The highest BCUT2D eigenvalue weighted by molar-refractivity contribution is 7.99. The summed E-state index contributed by atoms with van der Waals surface area (Å²) in [6.07, 6.45) is 3.23. The van der Waals surface area contributed by atoms with Crippen LogP contribution in [0.15, 0.2) is 22.8 Å². The molecule has 112 valence electrons. The van der Waals surface area contributed by atoms with E-state index < -0.39 is 10.0 Å². The van der Waals surface area contributed by atoms with Gasteiger partial charge in [0.05, 0.1) is 17.6 Å². The first-order valence-electron chi connectivity index (χ1n) is 7.00. The molecule has 1 saturated heterocycles. The van der Waals surface area contributed by atoms with Gasteiger partial charge in [-0.3, -0.25) is 4.90 Å². The Labute approximate surface area is 124 Å². The molecule has 1 saturated carbocycles. The summed E-state index contributed by atoms with van der Waals surface area (Å²) in [7, 11) is -3.14. The highest BCUT2D eigenvalue weighted by atomic mass is 32.2. The maximum absolute atomic E-state index is 12.0. The van der Waals surface area contributed by atoms with Crippen molar-refractivity contribution in [1.82, 2.24) is 9.62 Å². The van der Waals surface area contributed by atoms with Crippen molar-refractivity contribution in [2.75, 3.05) is 31.1 Å². The van der Waals surface area contributed by atoms with Crippen molar-refractivity contribution in [3.63, 3.8) is 0 Å². The summed E-state index contributed by atoms with van der Waals surface area (Å²) in [6, 6.07) is 3.79. The zero-order valence-corrected chi connectivity index (χ0v) is 13.0. The van der Waals surface area contributed by atoms with Gasteiger partial charge in [0.1, 0.15) is 5.76 Å². The van der Waals surface area contributed by atoms with E-state index in [1.807, 2.05) is 23.9 Å². The molecule has 0 amide bonds. The predicted octanol–water partition coefficient (Wildman–Crippen LogP) is 1.45. The van der Waals surface area contributed by atoms with Crippen LogP contribution in [0.5, 0.6) is 0 Å². The fraction of sp³-hybridized carbons (Fsp3) is 0.692.